The first-order chi connectivity index (χ1) is 40.8. The molecule has 0 aromatic heterocycles. The monoisotopic (exact) mass is 1210 g/mol. The Bertz CT molecular complexity index is 2790. The minimum atomic E-state index is -1.21. The molecule has 0 bridgehead atoms. The number of phenols is 2. The molecular weight excluding hydrogens is 1110 g/mol. The number of aromatic hydroxyl groups is 2. The Kier molecular flexibility index (Phi) is 19.2. The minimum absolute atomic E-state index is 0.0293. The standard InChI is InChI=1S/C68H97N3O12S2/c1-41(74)82-57-32-58(83-63(79)68-24-6-5-12-47(68)14-20-59(78)71-68)67(26-28-69-29-27-67)61-43(31-51-52(66(39-73)22-7-8-23-66)37-81-62-56(77)19-16-50(61)60(51)62)10-9-11-44-34-65(4,80)40-85-84-38-53(55(76)18-15-49(44)57)70-35-46-33-64(2,3)25-21-48(46)42-13-17-54(75)45(30-42)36-72/h13,16-17,19,30,43-44,46-49,51-53,55,57-58,61,69-70,72-73,75-77,80H,5-8,11-12,14-15,18,20-29,31-40H2,1-4H3,(H,71,78). The normalized spacial score (nSPS) is 37.1. The van der Waals surface area contributed by atoms with Crippen molar-refractivity contribution >= 4 is 39.4 Å². The highest BCUT2D eigenvalue weighted by Gasteiger charge is 2.61. The summed E-state index contributed by atoms with van der Waals surface area (Å²) < 4.78 is 20.9. The van der Waals surface area contributed by atoms with Gasteiger partial charge in [-0.05, 0) is 181 Å². The maximum absolute atomic E-state index is 15.9. The summed E-state index contributed by atoms with van der Waals surface area (Å²) >= 11 is 0. The van der Waals surface area contributed by atoms with E-state index in [4.69, 9.17) is 14.2 Å². The van der Waals surface area contributed by atoms with Gasteiger partial charge in [0.25, 0.3) is 0 Å². The molecule has 1 spiro atoms. The number of carbonyl (C=O) groups is 3. The Morgan fingerprint density at radius 3 is 2.41 bits per heavy atom. The lowest BCUT2D eigenvalue weighted by Crippen LogP contribution is -2.65. The molecule has 15 nitrogen and oxygen atoms in total. The number of benzene rings is 2. The van der Waals surface area contributed by atoms with Crippen molar-refractivity contribution in [2.24, 2.45) is 51.8 Å². The number of fused-ring (bicyclic) bond motifs is 5. The van der Waals surface area contributed by atoms with Crippen LogP contribution in [-0.2, 0) is 30.5 Å². The van der Waals surface area contributed by atoms with E-state index in [2.05, 4.69) is 47.7 Å². The molecule has 3 saturated carbocycles. The number of amides is 1. The predicted molar refractivity (Wildman–Crippen MR) is 330 cm³/mol. The number of carbonyl (C=O) groups excluding carboxylic acids is 3. The van der Waals surface area contributed by atoms with E-state index in [1.165, 1.54) is 6.92 Å². The van der Waals surface area contributed by atoms with E-state index >= 15 is 4.79 Å². The van der Waals surface area contributed by atoms with E-state index in [0.717, 1.165) is 80.9 Å². The zero-order valence-electron chi connectivity index (χ0n) is 50.8. The lowest BCUT2D eigenvalue weighted by atomic mass is 9.51. The van der Waals surface area contributed by atoms with Gasteiger partial charge in [-0.1, -0.05) is 79.2 Å². The van der Waals surface area contributed by atoms with Crippen molar-refractivity contribution in [3.05, 3.63) is 52.6 Å². The number of hydrogen-bond donors (Lipinski definition) is 9. The summed E-state index contributed by atoms with van der Waals surface area (Å²) in [5.74, 6) is 7.11. The number of rotatable bonds is 10. The van der Waals surface area contributed by atoms with Crippen LogP contribution < -0.4 is 20.7 Å². The fourth-order valence-electron chi connectivity index (χ4n) is 18.7. The number of ether oxygens (including phenoxy) is 3. The van der Waals surface area contributed by atoms with Gasteiger partial charge in [0.2, 0.25) is 5.91 Å². The quantitative estimate of drug-likeness (QED) is 0.0612. The molecule has 4 aliphatic heterocycles. The van der Waals surface area contributed by atoms with Gasteiger partial charge in [-0.15, -0.1) is 5.92 Å². The Balaban J connectivity index is 1.00. The van der Waals surface area contributed by atoms with Crippen molar-refractivity contribution in [3.8, 4) is 29.1 Å². The van der Waals surface area contributed by atoms with Crippen molar-refractivity contribution in [2.75, 3.05) is 44.4 Å². The first-order valence-electron chi connectivity index (χ1n) is 32.6. The molecule has 11 rings (SSSR count). The van der Waals surface area contributed by atoms with Gasteiger partial charge >= 0.3 is 11.9 Å². The van der Waals surface area contributed by atoms with Crippen LogP contribution >= 0.6 is 21.6 Å². The van der Waals surface area contributed by atoms with E-state index in [0.29, 0.717) is 113 Å². The Morgan fingerprint density at radius 2 is 1.65 bits per heavy atom. The molecule has 15 atom stereocenters. The molecule has 5 aliphatic carbocycles. The van der Waals surface area contributed by atoms with E-state index in [-0.39, 0.29) is 101 Å². The molecule has 2 aromatic rings. The summed E-state index contributed by atoms with van der Waals surface area (Å²) in [5.41, 5.74) is 0.129. The fourth-order valence-corrected chi connectivity index (χ4v) is 21.5. The number of piperidine rings is 2. The third-order valence-corrected chi connectivity index (χ3v) is 25.7. The van der Waals surface area contributed by atoms with Crippen LogP contribution in [0.3, 0.4) is 0 Å². The van der Waals surface area contributed by atoms with Crippen molar-refractivity contribution in [2.45, 2.75) is 222 Å². The van der Waals surface area contributed by atoms with Crippen LogP contribution in [0.5, 0.6) is 17.2 Å². The van der Waals surface area contributed by atoms with Crippen molar-refractivity contribution < 1.29 is 59.2 Å². The van der Waals surface area contributed by atoms with Gasteiger partial charge < -0.3 is 60.8 Å². The van der Waals surface area contributed by atoms with E-state index in [1.807, 2.05) is 19.1 Å². The average molecular weight is 1210 g/mol. The van der Waals surface area contributed by atoms with Crippen LogP contribution in [0, 0.1) is 63.6 Å². The molecule has 468 valence electrons. The summed E-state index contributed by atoms with van der Waals surface area (Å²) in [6, 6.07) is 9.06. The summed E-state index contributed by atoms with van der Waals surface area (Å²) in [7, 11) is 3.25. The predicted octanol–water partition coefficient (Wildman–Crippen LogP) is 9.67. The first-order valence-corrected chi connectivity index (χ1v) is 35.1. The second kappa shape index (κ2) is 26.0. The maximum Gasteiger partial charge on any atom is 0.332 e. The molecule has 2 aromatic carbocycles. The third kappa shape index (κ3) is 12.9. The second-order valence-electron chi connectivity index (χ2n) is 28.9. The maximum atomic E-state index is 15.9. The molecule has 15 unspecified atom stereocenters. The summed E-state index contributed by atoms with van der Waals surface area (Å²) in [6.07, 6.45) is 11.7. The van der Waals surface area contributed by atoms with E-state index in [1.54, 1.807) is 33.7 Å². The van der Waals surface area contributed by atoms with Crippen molar-refractivity contribution in [3.63, 3.8) is 0 Å². The molecule has 9 N–H and O–H groups in total. The summed E-state index contributed by atoms with van der Waals surface area (Å²) in [6.45, 7) is 9.99. The second-order valence-corrected chi connectivity index (χ2v) is 31.4. The SMILES string of the molecule is CC(=O)OC1CC(OC(=O)C23CCCCC2CCC(=O)N3)C2(CCNCC2)C2c3ccc(O)c4c3C(CC2C#CCC2CC(C)(O)CSSCC(NCC3CC(C)(C)CCC3c3ccc(O)c(CO)c3)C(O)CCC21)C(C1(CO)CCCC1)CO4. The van der Waals surface area contributed by atoms with Crippen LogP contribution in [0.25, 0.3) is 0 Å². The van der Waals surface area contributed by atoms with Gasteiger partial charge in [-0.2, -0.15) is 0 Å². The van der Waals surface area contributed by atoms with Crippen LogP contribution in [0.1, 0.15) is 203 Å². The molecule has 85 heavy (non-hydrogen) atoms. The number of nitrogens with one attached hydrogen (secondary N) is 3. The molecule has 0 radical (unpaired) electrons. The van der Waals surface area contributed by atoms with Crippen LogP contribution in [0.2, 0.25) is 0 Å². The Hall–Kier alpha value is -3.73. The van der Waals surface area contributed by atoms with Crippen molar-refractivity contribution in [1.29, 1.82) is 0 Å². The average Bonchev–Trinajstić information content (AvgIpc) is 1.65. The van der Waals surface area contributed by atoms with Crippen LogP contribution in [0.15, 0.2) is 30.3 Å². The first kappa shape index (κ1) is 62.9. The number of phenolic OH excluding ortho intramolecular Hbond substituents is 1. The number of aliphatic hydroxyl groups excluding tert-OH is 3. The largest absolute Gasteiger partial charge is 0.508 e. The third-order valence-electron chi connectivity index (χ3n) is 23.0. The van der Waals surface area contributed by atoms with Gasteiger partial charge in [-0.3, -0.25) is 9.59 Å². The van der Waals surface area contributed by atoms with Gasteiger partial charge in [0.15, 0.2) is 11.5 Å². The topological polar surface area (TPSA) is 236 Å². The van der Waals surface area contributed by atoms with Gasteiger partial charge in [0, 0.05) is 96.0 Å². The van der Waals surface area contributed by atoms with Gasteiger partial charge in [0.05, 0.1) is 24.9 Å². The Morgan fingerprint density at radius 1 is 0.871 bits per heavy atom. The van der Waals surface area contributed by atoms with E-state index < -0.39 is 52.7 Å². The number of aliphatic hydroxyl groups is 4. The lowest BCUT2D eigenvalue weighted by molar-refractivity contribution is -0.183. The zero-order chi connectivity index (χ0) is 59.9. The highest BCUT2D eigenvalue weighted by Crippen LogP contribution is 2.65. The van der Waals surface area contributed by atoms with E-state index in [9.17, 15) is 40.2 Å². The van der Waals surface area contributed by atoms with Crippen LogP contribution in [-0.4, -0.2) is 128 Å². The molecule has 17 heteroatoms. The Labute approximate surface area is 512 Å². The number of esters is 2. The summed E-state index contributed by atoms with van der Waals surface area (Å²) in [4.78, 5) is 43.5. The molecule has 1 amide bonds. The zero-order valence-corrected chi connectivity index (χ0v) is 52.5. The highest BCUT2D eigenvalue weighted by atomic mass is 33.1. The molecule has 6 fully saturated rings. The molecular formula is C68H97N3O12S2. The molecule has 9 aliphatic rings. The number of hydrogen-bond acceptors (Lipinski definition) is 16. The molecule has 4 heterocycles. The highest BCUT2D eigenvalue weighted by molar-refractivity contribution is 8.76. The minimum Gasteiger partial charge on any atom is -0.508 e. The molecule has 3 saturated heterocycles. The van der Waals surface area contributed by atoms with Gasteiger partial charge in [-0.25, -0.2) is 4.79 Å². The smallest absolute Gasteiger partial charge is 0.332 e. The summed E-state index contributed by atoms with van der Waals surface area (Å²) in [5, 5.41) is 79.9. The van der Waals surface area contributed by atoms with Crippen LogP contribution in [0.4, 0.5) is 0 Å². The van der Waals surface area contributed by atoms with Crippen molar-refractivity contribution in [1.82, 2.24) is 16.0 Å². The van der Waals surface area contributed by atoms with Gasteiger partial charge in [0.1, 0.15) is 23.5 Å². The fraction of sp³-hybridized carbons (Fsp3) is 0.750. The lowest BCUT2D eigenvalue weighted by Gasteiger charge is -2.56.